The lowest BCUT2D eigenvalue weighted by Gasteiger charge is -2.45. The van der Waals surface area contributed by atoms with Gasteiger partial charge in [-0.2, -0.15) is 0 Å². The second-order valence-electron chi connectivity index (χ2n) is 7.54. The van der Waals surface area contributed by atoms with E-state index >= 15 is 0 Å². The monoisotopic (exact) mass is 296 g/mol. The fourth-order valence-corrected chi connectivity index (χ4v) is 4.44. The Balaban J connectivity index is 1.55. The van der Waals surface area contributed by atoms with E-state index in [9.17, 15) is 0 Å². The summed E-state index contributed by atoms with van der Waals surface area (Å²) in [6.45, 7) is 3.78. The average Bonchev–Trinajstić information content (AvgIpc) is 2.96. The summed E-state index contributed by atoms with van der Waals surface area (Å²) in [7, 11) is 4.49. The third-order valence-electron chi connectivity index (χ3n) is 6.10. The molecule has 122 valence electrons. The van der Waals surface area contributed by atoms with Crippen molar-refractivity contribution >= 4 is 0 Å². The summed E-state index contributed by atoms with van der Waals surface area (Å²) in [5, 5.41) is 3.89. The van der Waals surface area contributed by atoms with Crippen LogP contribution in [0, 0.1) is 0 Å². The molecule has 0 amide bonds. The van der Waals surface area contributed by atoms with Gasteiger partial charge in [0.05, 0.1) is 5.60 Å². The topological polar surface area (TPSA) is 33.7 Å². The standard InChI is InChI=1S/C17H32N2O2/c1-19(2)16(6-3-4-7-16)14-18-15-5-10-21-17(13-15)8-11-20-12-9-17/h15,18H,3-14H2,1-2H3. The lowest BCUT2D eigenvalue weighted by Crippen LogP contribution is -2.55. The Bertz CT molecular complexity index is 328. The molecule has 0 aromatic carbocycles. The Morgan fingerprint density at radius 3 is 2.43 bits per heavy atom. The van der Waals surface area contributed by atoms with Crippen LogP contribution in [0.15, 0.2) is 0 Å². The summed E-state index contributed by atoms with van der Waals surface area (Å²) in [6, 6.07) is 0.620. The second-order valence-corrected chi connectivity index (χ2v) is 7.54. The first-order valence-electron chi connectivity index (χ1n) is 8.77. The van der Waals surface area contributed by atoms with Crippen LogP contribution in [0.3, 0.4) is 0 Å². The van der Waals surface area contributed by atoms with E-state index in [0.717, 1.165) is 45.6 Å². The molecule has 4 nitrogen and oxygen atoms in total. The van der Waals surface area contributed by atoms with E-state index in [1.165, 1.54) is 32.1 Å². The van der Waals surface area contributed by atoms with E-state index in [1.54, 1.807) is 0 Å². The predicted octanol–water partition coefficient (Wildman–Crippen LogP) is 2.18. The third kappa shape index (κ3) is 3.44. The van der Waals surface area contributed by atoms with Gasteiger partial charge in [0.15, 0.2) is 0 Å². The number of likely N-dealkylation sites (N-methyl/N-ethyl adjacent to an activating group) is 1. The molecule has 21 heavy (non-hydrogen) atoms. The highest BCUT2D eigenvalue weighted by Gasteiger charge is 2.41. The van der Waals surface area contributed by atoms with Gasteiger partial charge in [-0.05, 0) is 52.6 Å². The van der Waals surface area contributed by atoms with E-state index in [-0.39, 0.29) is 5.60 Å². The molecular formula is C17H32N2O2. The van der Waals surface area contributed by atoms with Gasteiger partial charge in [0.25, 0.3) is 0 Å². The van der Waals surface area contributed by atoms with Crippen LogP contribution in [-0.2, 0) is 9.47 Å². The molecule has 2 saturated heterocycles. The Labute approximate surface area is 129 Å². The minimum Gasteiger partial charge on any atom is -0.381 e. The number of ether oxygens (including phenoxy) is 2. The van der Waals surface area contributed by atoms with Crippen molar-refractivity contribution in [2.24, 2.45) is 0 Å². The highest BCUT2D eigenvalue weighted by molar-refractivity contribution is 4.97. The zero-order valence-corrected chi connectivity index (χ0v) is 13.8. The highest BCUT2D eigenvalue weighted by Crippen LogP contribution is 2.36. The molecule has 1 aliphatic carbocycles. The number of rotatable bonds is 4. The lowest BCUT2D eigenvalue weighted by molar-refractivity contribution is -0.140. The Morgan fingerprint density at radius 2 is 1.76 bits per heavy atom. The van der Waals surface area contributed by atoms with E-state index in [4.69, 9.17) is 9.47 Å². The van der Waals surface area contributed by atoms with Crippen molar-refractivity contribution in [3.8, 4) is 0 Å². The fourth-order valence-electron chi connectivity index (χ4n) is 4.44. The molecule has 3 aliphatic rings. The molecule has 1 spiro atoms. The van der Waals surface area contributed by atoms with Gasteiger partial charge in [0.2, 0.25) is 0 Å². The normalized spacial score (nSPS) is 31.9. The van der Waals surface area contributed by atoms with Crippen molar-refractivity contribution in [1.29, 1.82) is 0 Å². The van der Waals surface area contributed by atoms with E-state index in [1.807, 2.05) is 0 Å². The van der Waals surface area contributed by atoms with E-state index < -0.39 is 0 Å². The van der Waals surface area contributed by atoms with Crippen molar-refractivity contribution < 1.29 is 9.47 Å². The SMILES string of the molecule is CN(C)C1(CNC2CCOC3(CCOCC3)C2)CCCC1. The Morgan fingerprint density at radius 1 is 1.05 bits per heavy atom. The molecule has 3 fully saturated rings. The summed E-state index contributed by atoms with van der Waals surface area (Å²) < 4.78 is 11.7. The van der Waals surface area contributed by atoms with Crippen LogP contribution in [0.4, 0.5) is 0 Å². The van der Waals surface area contributed by atoms with Crippen molar-refractivity contribution in [2.45, 2.75) is 68.5 Å². The molecule has 1 N–H and O–H groups in total. The predicted molar refractivity (Wildman–Crippen MR) is 84.6 cm³/mol. The summed E-state index contributed by atoms with van der Waals surface area (Å²) in [4.78, 5) is 2.45. The molecule has 3 rings (SSSR count). The summed E-state index contributed by atoms with van der Waals surface area (Å²) in [5.74, 6) is 0. The Hall–Kier alpha value is -0.160. The molecule has 1 atom stereocenters. The summed E-state index contributed by atoms with van der Waals surface area (Å²) in [5.41, 5.74) is 0.496. The fraction of sp³-hybridized carbons (Fsp3) is 1.00. The molecule has 0 radical (unpaired) electrons. The van der Waals surface area contributed by atoms with Crippen LogP contribution < -0.4 is 5.32 Å². The zero-order valence-electron chi connectivity index (χ0n) is 13.8. The molecule has 1 unspecified atom stereocenters. The maximum absolute atomic E-state index is 6.15. The van der Waals surface area contributed by atoms with Gasteiger partial charge in [-0.15, -0.1) is 0 Å². The van der Waals surface area contributed by atoms with E-state index in [2.05, 4.69) is 24.3 Å². The third-order valence-corrected chi connectivity index (χ3v) is 6.10. The van der Waals surface area contributed by atoms with Crippen LogP contribution in [0.5, 0.6) is 0 Å². The second kappa shape index (κ2) is 6.53. The maximum atomic E-state index is 6.15. The summed E-state index contributed by atoms with van der Waals surface area (Å²) >= 11 is 0. The first-order chi connectivity index (χ1) is 10.1. The first-order valence-corrected chi connectivity index (χ1v) is 8.77. The van der Waals surface area contributed by atoms with Gasteiger partial charge in [-0.1, -0.05) is 12.8 Å². The van der Waals surface area contributed by atoms with Gasteiger partial charge in [-0.25, -0.2) is 0 Å². The van der Waals surface area contributed by atoms with Crippen LogP contribution >= 0.6 is 0 Å². The minimum atomic E-state index is 0.106. The van der Waals surface area contributed by atoms with Crippen molar-refractivity contribution in [3.63, 3.8) is 0 Å². The molecule has 4 heteroatoms. The minimum absolute atomic E-state index is 0.106. The first kappa shape index (κ1) is 15.7. The molecule has 2 aliphatic heterocycles. The molecule has 0 bridgehead atoms. The van der Waals surface area contributed by atoms with Gasteiger partial charge >= 0.3 is 0 Å². The quantitative estimate of drug-likeness (QED) is 0.862. The average molecular weight is 296 g/mol. The van der Waals surface area contributed by atoms with Gasteiger partial charge in [0.1, 0.15) is 0 Å². The van der Waals surface area contributed by atoms with Crippen molar-refractivity contribution in [2.75, 3.05) is 40.5 Å². The smallest absolute Gasteiger partial charge is 0.0741 e. The van der Waals surface area contributed by atoms with E-state index in [0.29, 0.717) is 11.6 Å². The number of hydrogen-bond acceptors (Lipinski definition) is 4. The molecule has 2 heterocycles. The molecule has 0 aromatic rings. The maximum Gasteiger partial charge on any atom is 0.0741 e. The highest BCUT2D eigenvalue weighted by atomic mass is 16.5. The Kier molecular flexibility index (Phi) is 4.89. The molecular weight excluding hydrogens is 264 g/mol. The van der Waals surface area contributed by atoms with Crippen LogP contribution in [0.2, 0.25) is 0 Å². The van der Waals surface area contributed by atoms with Crippen LogP contribution in [0.25, 0.3) is 0 Å². The number of nitrogens with one attached hydrogen (secondary N) is 1. The molecule has 0 aromatic heterocycles. The van der Waals surface area contributed by atoms with Crippen LogP contribution in [0.1, 0.15) is 51.4 Å². The van der Waals surface area contributed by atoms with Crippen molar-refractivity contribution in [1.82, 2.24) is 10.2 Å². The van der Waals surface area contributed by atoms with Crippen molar-refractivity contribution in [3.05, 3.63) is 0 Å². The van der Waals surface area contributed by atoms with Gasteiger partial charge in [0, 0.05) is 37.9 Å². The van der Waals surface area contributed by atoms with Crippen LogP contribution in [-0.4, -0.2) is 62.5 Å². The van der Waals surface area contributed by atoms with Gasteiger partial charge in [-0.3, -0.25) is 0 Å². The number of hydrogen-bond donors (Lipinski definition) is 1. The molecule has 1 saturated carbocycles. The lowest BCUT2D eigenvalue weighted by atomic mass is 9.83. The number of nitrogens with zero attached hydrogens (tertiary/aromatic N) is 1. The zero-order chi connectivity index (χ0) is 14.8. The largest absolute Gasteiger partial charge is 0.381 e. The summed E-state index contributed by atoms with van der Waals surface area (Å²) in [6.07, 6.45) is 9.92. The van der Waals surface area contributed by atoms with Gasteiger partial charge < -0.3 is 19.7 Å².